The quantitative estimate of drug-likeness (QED) is 0.425. The lowest BCUT2D eigenvalue weighted by Gasteiger charge is -2.35. The third-order valence-electron chi connectivity index (χ3n) is 6.96. The molecule has 2 aliphatic rings. The molecule has 6 nitrogen and oxygen atoms in total. The van der Waals surface area contributed by atoms with E-state index in [4.69, 9.17) is 4.74 Å². The van der Waals surface area contributed by atoms with E-state index in [1.165, 1.54) is 27.2 Å². The van der Waals surface area contributed by atoms with E-state index in [-0.39, 0.29) is 6.10 Å². The first-order valence-corrected chi connectivity index (χ1v) is 14.7. The molecule has 33 heavy (non-hydrogen) atoms. The second kappa shape index (κ2) is 12.3. The molecule has 2 aliphatic heterocycles. The summed E-state index contributed by atoms with van der Waals surface area (Å²) in [6, 6.07) is 6.34. The van der Waals surface area contributed by atoms with E-state index in [1.54, 1.807) is 18.4 Å². The molecule has 1 aromatic rings. The van der Waals surface area contributed by atoms with Crippen LogP contribution in [0, 0.1) is 11.8 Å². The highest BCUT2D eigenvalue weighted by Crippen LogP contribution is 2.30. The SMILES string of the molecule is CC(C)Oc1ccc(Br)c(CC2CCN(CCCC3CCCN(S(=O)(=O)N(C)C)C3)CC2)c1. The number of benzene rings is 1. The number of halogens is 1. The van der Waals surface area contributed by atoms with E-state index in [1.807, 2.05) is 6.07 Å². The Morgan fingerprint density at radius 2 is 1.85 bits per heavy atom. The normalized spacial score (nSPS) is 21.7. The van der Waals surface area contributed by atoms with Crippen LogP contribution < -0.4 is 4.74 Å². The van der Waals surface area contributed by atoms with Crippen molar-refractivity contribution in [3.8, 4) is 5.75 Å². The first-order valence-electron chi connectivity index (χ1n) is 12.5. The summed E-state index contributed by atoms with van der Waals surface area (Å²) < 4.78 is 34.9. The summed E-state index contributed by atoms with van der Waals surface area (Å²) in [5.74, 6) is 2.17. The van der Waals surface area contributed by atoms with Gasteiger partial charge < -0.3 is 9.64 Å². The predicted molar refractivity (Wildman–Crippen MR) is 139 cm³/mol. The third kappa shape index (κ3) is 7.92. The molecule has 2 fully saturated rings. The molecule has 0 aliphatic carbocycles. The Bertz CT molecular complexity index is 854. The second-order valence-corrected chi connectivity index (χ2v) is 13.2. The minimum atomic E-state index is -3.28. The predicted octanol–water partition coefficient (Wildman–Crippen LogP) is 4.79. The smallest absolute Gasteiger partial charge is 0.281 e. The zero-order chi connectivity index (χ0) is 24.0. The van der Waals surface area contributed by atoms with Crippen molar-refractivity contribution >= 4 is 26.1 Å². The van der Waals surface area contributed by atoms with E-state index in [0.717, 1.165) is 63.4 Å². The van der Waals surface area contributed by atoms with Crippen molar-refractivity contribution in [3.05, 3.63) is 28.2 Å². The minimum absolute atomic E-state index is 0.191. The van der Waals surface area contributed by atoms with Gasteiger partial charge in [-0.25, -0.2) is 0 Å². The molecule has 0 bridgehead atoms. The summed E-state index contributed by atoms with van der Waals surface area (Å²) in [4.78, 5) is 2.60. The van der Waals surface area contributed by atoms with Gasteiger partial charge in [-0.05, 0) is 114 Å². The minimum Gasteiger partial charge on any atom is -0.491 e. The maximum atomic E-state index is 12.4. The van der Waals surface area contributed by atoms with Crippen LogP contribution in [-0.2, 0) is 16.6 Å². The molecule has 0 aromatic heterocycles. The number of nitrogens with zero attached hydrogens (tertiary/aromatic N) is 3. The van der Waals surface area contributed by atoms with Crippen LogP contribution in [0.5, 0.6) is 5.75 Å². The molecule has 0 saturated carbocycles. The van der Waals surface area contributed by atoms with Crippen LogP contribution in [0.1, 0.15) is 57.9 Å². The highest BCUT2D eigenvalue weighted by molar-refractivity contribution is 9.10. The van der Waals surface area contributed by atoms with E-state index in [9.17, 15) is 8.42 Å². The lowest BCUT2D eigenvalue weighted by Crippen LogP contribution is -2.45. The number of hydrogen-bond donors (Lipinski definition) is 0. The number of hydrogen-bond acceptors (Lipinski definition) is 4. The summed E-state index contributed by atoms with van der Waals surface area (Å²) >= 11 is 3.72. The molecule has 0 radical (unpaired) electrons. The van der Waals surface area contributed by atoms with Crippen molar-refractivity contribution in [1.82, 2.24) is 13.5 Å². The molecule has 2 saturated heterocycles. The van der Waals surface area contributed by atoms with Crippen molar-refractivity contribution in [1.29, 1.82) is 0 Å². The van der Waals surface area contributed by atoms with Crippen molar-refractivity contribution < 1.29 is 13.2 Å². The van der Waals surface area contributed by atoms with Crippen molar-refractivity contribution in [2.45, 2.75) is 64.9 Å². The maximum absolute atomic E-state index is 12.4. The van der Waals surface area contributed by atoms with Gasteiger partial charge in [0.25, 0.3) is 10.2 Å². The van der Waals surface area contributed by atoms with E-state index >= 15 is 0 Å². The van der Waals surface area contributed by atoms with Gasteiger partial charge in [0.15, 0.2) is 0 Å². The van der Waals surface area contributed by atoms with Crippen LogP contribution in [-0.4, -0.2) is 74.9 Å². The Balaban J connectivity index is 1.39. The van der Waals surface area contributed by atoms with Gasteiger partial charge in [0, 0.05) is 31.7 Å². The van der Waals surface area contributed by atoms with Crippen LogP contribution >= 0.6 is 15.9 Å². The van der Waals surface area contributed by atoms with Crippen molar-refractivity contribution in [2.24, 2.45) is 11.8 Å². The van der Waals surface area contributed by atoms with Crippen LogP contribution in [0.2, 0.25) is 0 Å². The molecule has 3 rings (SSSR count). The fourth-order valence-corrected chi connectivity index (χ4v) is 6.71. The van der Waals surface area contributed by atoms with Gasteiger partial charge in [-0.15, -0.1) is 0 Å². The van der Waals surface area contributed by atoms with E-state index < -0.39 is 10.2 Å². The largest absolute Gasteiger partial charge is 0.491 e. The topological polar surface area (TPSA) is 53.1 Å². The Kier molecular flexibility index (Phi) is 10.1. The maximum Gasteiger partial charge on any atom is 0.281 e. The fraction of sp³-hybridized carbons (Fsp3) is 0.760. The summed E-state index contributed by atoms with van der Waals surface area (Å²) in [7, 11) is -0.0325. The van der Waals surface area contributed by atoms with Gasteiger partial charge in [0.05, 0.1) is 6.10 Å². The molecule has 2 heterocycles. The second-order valence-electron chi connectivity index (χ2n) is 10.2. The fourth-order valence-electron chi connectivity index (χ4n) is 5.08. The zero-order valence-electron chi connectivity index (χ0n) is 20.8. The molecule has 1 atom stereocenters. The first-order chi connectivity index (χ1) is 15.6. The van der Waals surface area contributed by atoms with Gasteiger partial charge in [-0.1, -0.05) is 15.9 Å². The zero-order valence-corrected chi connectivity index (χ0v) is 23.2. The van der Waals surface area contributed by atoms with Gasteiger partial charge in [0.2, 0.25) is 0 Å². The summed E-state index contributed by atoms with van der Waals surface area (Å²) in [5, 5.41) is 0. The average Bonchev–Trinajstić information content (AvgIpc) is 2.77. The lowest BCUT2D eigenvalue weighted by atomic mass is 9.89. The van der Waals surface area contributed by atoms with Gasteiger partial charge in [-0.3, -0.25) is 0 Å². The molecule has 0 N–H and O–H groups in total. The molecule has 188 valence electrons. The third-order valence-corrected chi connectivity index (χ3v) is 9.64. The Morgan fingerprint density at radius 1 is 1.12 bits per heavy atom. The molecule has 0 spiro atoms. The number of piperidine rings is 2. The van der Waals surface area contributed by atoms with Crippen molar-refractivity contribution in [3.63, 3.8) is 0 Å². The summed E-state index contributed by atoms with van der Waals surface area (Å²) in [6.07, 6.45) is 8.16. The molecular formula is C25H42BrN3O3S. The lowest BCUT2D eigenvalue weighted by molar-refractivity contribution is 0.172. The molecular weight excluding hydrogens is 502 g/mol. The standard InChI is InChI=1S/C25H42BrN3O3S/c1-20(2)32-24-9-10-25(26)23(18-24)17-21-11-15-28(16-12-21)13-5-7-22-8-6-14-29(19-22)33(30,31)27(3)4/h9-10,18,20-22H,5-8,11-17,19H2,1-4H3. The van der Waals surface area contributed by atoms with Crippen LogP contribution in [0.25, 0.3) is 0 Å². The number of likely N-dealkylation sites (tertiary alicyclic amines) is 1. The van der Waals surface area contributed by atoms with Crippen molar-refractivity contribution in [2.75, 3.05) is 46.8 Å². The van der Waals surface area contributed by atoms with Crippen LogP contribution in [0.3, 0.4) is 0 Å². The van der Waals surface area contributed by atoms with E-state index in [0.29, 0.717) is 19.0 Å². The Hall–Kier alpha value is -0.670. The van der Waals surface area contributed by atoms with Gasteiger partial charge >= 0.3 is 0 Å². The summed E-state index contributed by atoms with van der Waals surface area (Å²) in [6.45, 7) is 8.92. The monoisotopic (exact) mass is 543 g/mol. The van der Waals surface area contributed by atoms with E-state index in [2.05, 4.69) is 46.8 Å². The first kappa shape index (κ1) is 26.9. The number of ether oxygens (including phenoxy) is 1. The highest BCUT2D eigenvalue weighted by atomic mass is 79.9. The molecule has 8 heteroatoms. The van der Waals surface area contributed by atoms with Gasteiger partial charge in [0.1, 0.15) is 5.75 Å². The van der Waals surface area contributed by atoms with Crippen LogP contribution in [0.15, 0.2) is 22.7 Å². The highest BCUT2D eigenvalue weighted by Gasteiger charge is 2.30. The van der Waals surface area contributed by atoms with Crippen LogP contribution in [0.4, 0.5) is 0 Å². The number of rotatable bonds is 10. The molecule has 1 unspecified atom stereocenters. The summed E-state index contributed by atoms with van der Waals surface area (Å²) in [5.41, 5.74) is 1.35. The average molecular weight is 545 g/mol. The molecule has 0 amide bonds. The van der Waals surface area contributed by atoms with Gasteiger partial charge in [-0.2, -0.15) is 17.0 Å². The Labute approximate surface area is 210 Å². The Morgan fingerprint density at radius 3 is 2.52 bits per heavy atom. The molecule has 1 aromatic carbocycles.